The van der Waals surface area contributed by atoms with Crippen molar-refractivity contribution in [2.24, 2.45) is 5.10 Å². The highest BCUT2D eigenvalue weighted by Gasteiger charge is 2.37. The van der Waals surface area contributed by atoms with Gasteiger partial charge in [0, 0.05) is 6.42 Å². The molecule has 0 unspecified atom stereocenters. The molecule has 2 heterocycles. The molecule has 1 aromatic carbocycles. The summed E-state index contributed by atoms with van der Waals surface area (Å²) >= 11 is 0. The van der Waals surface area contributed by atoms with Gasteiger partial charge in [0.15, 0.2) is 0 Å². The van der Waals surface area contributed by atoms with E-state index in [1.807, 2.05) is 38.1 Å². The Balaban J connectivity index is 1.98. The summed E-state index contributed by atoms with van der Waals surface area (Å²) in [4.78, 5) is 0. The first-order valence-corrected chi connectivity index (χ1v) is 9.32. The summed E-state index contributed by atoms with van der Waals surface area (Å²) in [5.41, 5.74) is 2.87. The summed E-state index contributed by atoms with van der Waals surface area (Å²) in [7, 11) is -3.45. The van der Waals surface area contributed by atoms with Crippen LogP contribution in [0.5, 0.6) is 0 Å². The first-order valence-electron chi connectivity index (χ1n) is 7.71. The van der Waals surface area contributed by atoms with E-state index in [0.717, 1.165) is 16.8 Å². The molecule has 0 amide bonds. The van der Waals surface area contributed by atoms with E-state index < -0.39 is 16.1 Å². The van der Waals surface area contributed by atoms with Gasteiger partial charge in [0.25, 0.3) is 10.0 Å². The summed E-state index contributed by atoms with van der Waals surface area (Å²) in [6, 6.07) is 11.1. The molecular formula is C17H20N2O3S. The lowest BCUT2D eigenvalue weighted by Crippen LogP contribution is -2.29. The van der Waals surface area contributed by atoms with Gasteiger partial charge < -0.3 is 4.42 Å². The van der Waals surface area contributed by atoms with E-state index in [1.54, 1.807) is 18.4 Å². The summed E-state index contributed by atoms with van der Waals surface area (Å²) in [6.07, 6.45) is 2.63. The zero-order valence-electron chi connectivity index (χ0n) is 13.3. The van der Waals surface area contributed by atoms with Gasteiger partial charge in [-0.1, -0.05) is 36.8 Å². The van der Waals surface area contributed by atoms with Gasteiger partial charge in [0.1, 0.15) is 11.8 Å². The Kier molecular flexibility index (Phi) is 4.26. The number of hydrogen-bond donors (Lipinski definition) is 0. The monoisotopic (exact) mass is 332 g/mol. The number of hydrogen-bond acceptors (Lipinski definition) is 4. The van der Waals surface area contributed by atoms with Crippen LogP contribution in [0, 0.1) is 6.92 Å². The van der Waals surface area contributed by atoms with Gasteiger partial charge in [0.05, 0.1) is 17.7 Å². The smallest absolute Gasteiger partial charge is 0.250 e. The fourth-order valence-electron chi connectivity index (χ4n) is 2.71. The van der Waals surface area contributed by atoms with Crippen LogP contribution in [-0.2, 0) is 10.0 Å². The van der Waals surface area contributed by atoms with Gasteiger partial charge in [-0.05, 0) is 31.0 Å². The number of hydrazone groups is 1. The first-order chi connectivity index (χ1) is 11.0. The van der Waals surface area contributed by atoms with Crippen LogP contribution in [0.25, 0.3) is 0 Å². The Morgan fingerprint density at radius 2 is 2.00 bits per heavy atom. The number of sulfonamides is 1. The highest BCUT2D eigenvalue weighted by molar-refractivity contribution is 7.89. The summed E-state index contributed by atoms with van der Waals surface area (Å²) in [6.45, 7) is 3.87. The Labute approximate surface area is 136 Å². The van der Waals surface area contributed by atoms with Crippen LogP contribution in [0.3, 0.4) is 0 Å². The van der Waals surface area contributed by atoms with Crippen LogP contribution in [0.15, 0.2) is 52.2 Å². The third-order valence-electron chi connectivity index (χ3n) is 3.88. The van der Waals surface area contributed by atoms with Crippen molar-refractivity contribution in [3.05, 3.63) is 59.5 Å². The topological polar surface area (TPSA) is 62.9 Å². The summed E-state index contributed by atoms with van der Waals surface area (Å²) in [5, 5.41) is 4.42. The molecule has 0 aliphatic carbocycles. The molecule has 23 heavy (non-hydrogen) atoms. The number of furan rings is 1. The maximum Gasteiger partial charge on any atom is 0.250 e. The van der Waals surface area contributed by atoms with Crippen molar-refractivity contribution in [2.75, 3.05) is 5.75 Å². The Morgan fingerprint density at radius 3 is 2.61 bits per heavy atom. The van der Waals surface area contributed by atoms with E-state index in [4.69, 9.17) is 4.42 Å². The van der Waals surface area contributed by atoms with Crippen molar-refractivity contribution in [3.8, 4) is 0 Å². The molecule has 1 aromatic heterocycles. The second kappa shape index (κ2) is 6.20. The Morgan fingerprint density at radius 1 is 1.26 bits per heavy atom. The zero-order valence-corrected chi connectivity index (χ0v) is 14.1. The molecule has 3 rings (SSSR count). The van der Waals surface area contributed by atoms with Crippen LogP contribution < -0.4 is 0 Å². The van der Waals surface area contributed by atoms with E-state index in [0.29, 0.717) is 18.6 Å². The average molecular weight is 332 g/mol. The van der Waals surface area contributed by atoms with Crippen LogP contribution in [0.2, 0.25) is 0 Å². The minimum atomic E-state index is -3.45. The summed E-state index contributed by atoms with van der Waals surface area (Å²) < 4.78 is 31.8. The first kappa shape index (κ1) is 15.8. The van der Waals surface area contributed by atoms with E-state index >= 15 is 0 Å². The largest absolute Gasteiger partial charge is 0.467 e. The molecule has 0 spiro atoms. The van der Waals surface area contributed by atoms with E-state index in [1.165, 1.54) is 4.41 Å². The molecule has 5 nitrogen and oxygen atoms in total. The molecule has 0 saturated heterocycles. The summed E-state index contributed by atoms with van der Waals surface area (Å²) in [5.74, 6) is 0.699. The Bertz CT molecular complexity index is 793. The number of nitrogens with zero attached hydrogens (tertiary/aromatic N) is 2. The maximum absolute atomic E-state index is 12.5. The molecule has 1 aliphatic heterocycles. The highest BCUT2D eigenvalue weighted by Crippen LogP contribution is 2.35. The number of rotatable bonds is 5. The van der Waals surface area contributed by atoms with Crippen molar-refractivity contribution < 1.29 is 12.8 Å². The third kappa shape index (κ3) is 3.17. The SMILES string of the molecule is CCCS(=O)(=O)N1N=C(c2ccc(C)cc2)C[C@@H]1c1ccco1. The minimum absolute atomic E-state index is 0.0783. The lowest BCUT2D eigenvalue weighted by molar-refractivity contribution is 0.320. The highest BCUT2D eigenvalue weighted by atomic mass is 32.2. The van der Waals surface area contributed by atoms with Gasteiger partial charge >= 0.3 is 0 Å². The van der Waals surface area contributed by atoms with Gasteiger partial charge in [0.2, 0.25) is 0 Å². The standard InChI is InChI=1S/C17H20N2O3S/c1-3-11-23(20,21)19-16(17-5-4-10-22-17)12-15(18-19)14-8-6-13(2)7-9-14/h4-10,16H,3,11-12H2,1-2H3/t16-/m1/s1. The van der Waals surface area contributed by atoms with Crippen LogP contribution in [0.1, 0.15) is 42.7 Å². The predicted molar refractivity (Wildman–Crippen MR) is 89.7 cm³/mol. The molecule has 0 bridgehead atoms. The average Bonchev–Trinajstić information content (AvgIpc) is 3.17. The molecule has 0 fully saturated rings. The van der Waals surface area contributed by atoms with Gasteiger partial charge in [-0.2, -0.15) is 9.52 Å². The fraction of sp³-hybridized carbons (Fsp3) is 0.353. The minimum Gasteiger partial charge on any atom is -0.467 e. The van der Waals surface area contributed by atoms with Crippen LogP contribution in [-0.4, -0.2) is 24.3 Å². The fourth-order valence-corrected chi connectivity index (χ4v) is 4.20. The lowest BCUT2D eigenvalue weighted by atomic mass is 10.0. The second-order valence-electron chi connectivity index (χ2n) is 5.74. The molecule has 6 heteroatoms. The Hall–Kier alpha value is -2.08. The van der Waals surface area contributed by atoms with Gasteiger partial charge in [-0.3, -0.25) is 0 Å². The lowest BCUT2D eigenvalue weighted by Gasteiger charge is -2.21. The molecule has 122 valence electrons. The van der Waals surface area contributed by atoms with Crippen molar-refractivity contribution in [1.29, 1.82) is 0 Å². The van der Waals surface area contributed by atoms with Crippen LogP contribution in [0.4, 0.5) is 0 Å². The molecular weight excluding hydrogens is 312 g/mol. The van der Waals surface area contributed by atoms with E-state index in [2.05, 4.69) is 5.10 Å². The third-order valence-corrected chi connectivity index (χ3v) is 5.71. The maximum atomic E-state index is 12.5. The molecule has 1 aliphatic rings. The molecule has 0 radical (unpaired) electrons. The number of aryl methyl sites for hydroxylation is 1. The molecule has 0 saturated carbocycles. The molecule has 2 aromatic rings. The van der Waals surface area contributed by atoms with Crippen LogP contribution >= 0.6 is 0 Å². The number of benzene rings is 1. The quantitative estimate of drug-likeness (QED) is 0.842. The second-order valence-corrected chi connectivity index (χ2v) is 7.68. The normalized spacial score (nSPS) is 18.3. The van der Waals surface area contributed by atoms with Gasteiger partial charge in [-0.15, -0.1) is 0 Å². The van der Waals surface area contributed by atoms with Crippen molar-refractivity contribution in [1.82, 2.24) is 4.41 Å². The van der Waals surface area contributed by atoms with E-state index in [9.17, 15) is 8.42 Å². The predicted octanol–water partition coefficient (Wildman–Crippen LogP) is 3.48. The van der Waals surface area contributed by atoms with Gasteiger partial charge in [-0.25, -0.2) is 8.42 Å². The van der Waals surface area contributed by atoms with Crippen molar-refractivity contribution in [3.63, 3.8) is 0 Å². The zero-order chi connectivity index (χ0) is 16.4. The molecule has 0 N–H and O–H groups in total. The molecule has 1 atom stereocenters. The van der Waals surface area contributed by atoms with Crippen molar-refractivity contribution >= 4 is 15.7 Å². The van der Waals surface area contributed by atoms with E-state index in [-0.39, 0.29) is 5.75 Å². The van der Waals surface area contributed by atoms with Crippen molar-refractivity contribution in [2.45, 2.75) is 32.7 Å².